The van der Waals surface area contributed by atoms with Gasteiger partial charge in [0.05, 0.1) is 0 Å². The Morgan fingerprint density at radius 2 is 2.19 bits per heavy atom. The number of carbonyl (C=O) groups excluding carboxylic acids is 1. The predicted octanol–water partition coefficient (Wildman–Crippen LogP) is 1.86. The van der Waals surface area contributed by atoms with E-state index in [-0.39, 0.29) is 5.91 Å². The molecule has 1 aromatic rings. The molecule has 1 fully saturated rings. The highest BCUT2D eigenvalue weighted by Gasteiger charge is 2.28. The van der Waals surface area contributed by atoms with Gasteiger partial charge in [-0.3, -0.25) is 4.79 Å². The van der Waals surface area contributed by atoms with E-state index >= 15 is 0 Å². The molecule has 0 aliphatic carbocycles. The zero-order valence-electron chi connectivity index (χ0n) is 9.03. The molecule has 1 aliphatic rings. The summed E-state index contributed by atoms with van der Waals surface area (Å²) in [5.74, 6) is 1.01. The first-order valence-corrected chi connectivity index (χ1v) is 5.91. The summed E-state index contributed by atoms with van der Waals surface area (Å²) in [4.78, 5) is 13.5. The maximum absolute atomic E-state index is 11.7. The Kier molecular flexibility index (Phi) is 3.34. The second-order valence-corrected chi connectivity index (χ2v) is 4.51. The summed E-state index contributed by atoms with van der Waals surface area (Å²) in [7, 11) is 0. The van der Waals surface area contributed by atoms with Gasteiger partial charge in [0, 0.05) is 31.1 Å². The third-order valence-electron chi connectivity index (χ3n) is 2.93. The van der Waals surface area contributed by atoms with Crippen molar-refractivity contribution >= 4 is 23.2 Å². The van der Waals surface area contributed by atoms with Crippen LogP contribution in [0, 0.1) is 5.92 Å². The van der Waals surface area contributed by atoms with Crippen molar-refractivity contribution in [3.05, 3.63) is 29.8 Å². The second kappa shape index (κ2) is 4.74. The van der Waals surface area contributed by atoms with Crippen molar-refractivity contribution in [1.82, 2.24) is 4.90 Å². The van der Waals surface area contributed by atoms with Gasteiger partial charge in [0.15, 0.2) is 0 Å². The van der Waals surface area contributed by atoms with Gasteiger partial charge in [-0.2, -0.15) is 0 Å². The smallest absolute Gasteiger partial charge is 0.223 e. The largest absolute Gasteiger partial charge is 0.398 e. The van der Waals surface area contributed by atoms with Crippen molar-refractivity contribution in [3.63, 3.8) is 0 Å². The molecule has 1 aliphatic heterocycles. The van der Waals surface area contributed by atoms with Gasteiger partial charge < -0.3 is 10.6 Å². The van der Waals surface area contributed by atoms with Crippen LogP contribution in [0.5, 0.6) is 0 Å². The number of nitrogens with two attached hydrogens (primary N) is 1. The third-order valence-corrected chi connectivity index (χ3v) is 3.37. The molecule has 0 bridgehead atoms. The van der Waals surface area contributed by atoms with Crippen LogP contribution in [0.15, 0.2) is 24.3 Å². The summed E-state index contributed by atoms with van der Waals surface area (Å²) in [5, 5.41) is 0. The molecule has 0 spiro atoms. The summed E-state index contributed by atoms with van der Waals surface area (Å²) in [6.07, 6.45) is 0.566. The van der Waals surface area contributed by atoms with Crippen molar-refractivity contribution in [2.45, 2.75) is 13.0 Å². The molecule has 1 saturated heterocycles. The molecular formula is C12H15ClN2O. The molecular weight excluding hydrogens is 224 g/mol. The van der Waals surface area contributed by atoms with E-state index in [0.29, 0.717) is 24.8 Å². The maximum atomic E-state index is 11.7. The number of likely N-dealkylation sites (tertiary alicyclic amines) is 1. The van der Waals surface area contributed by atoms with Gasteiger partial charge in [-0.05, 0) is 17.5 Å². The molecule has 1 atom stereocenters. The van der Waals surface area contributed by atoms with Crippen molar-refractivity contribution in [3.8, 4) is 0 Å². The summed E-state index contributed by atoms with van der Waals surface area (Å²) in [5.41, 5.74) is 7.59. The Labute approximate surface area is 100 Å². The van der Waals surface area contributed by atoms with Crippen molar-refractivity contribution < 1.29 is 4.79 Å². The van der Waals surface area contributed by atoms with Gasteiger partial charge in [-0.15, -0.1) is 11.6 Å². The average molecular weight is 239 g/mol. The molecule has 1 amide bonds. The number of hydrogen-bond acceptors (Lipinski definition) is 2. The van der Waals surface area contributed by atoms with Crippen molar-refractivity contribution in [1.29, 1.82) is 0 Å². The van der Waals surface area contributed by atoms with E-state index in [1.165, 1.54) is 0 Å². The molecule has 0 aromatic heterocycles. The van der Waals surface area contributed by atoms with E-state index in [1.54, 1.807) is 0 Å². The molecule has 16 heavy (non-hydrogen) atoms. The van der Waals surface area contributed by atoms with Crippen molar-refractivity contribution in [2.75, 3.05) is 18.2 Å². The number of anilines is 1. The van der Waals surface area contributed by atoms with Gasteiger partial charge in [0.25, 0.3) is 0 Å². The second-order valence-electron chi connectivity index (χ2n) is 4.20. The highest BCUT2D eigenvalue weighted by molar-refractivity contribution is 6.18. The normalized spacial score (nSPS) is 20.4. The van der Waals surface area contributed by atoms with E-state index in [1.807, 2.05) is 29.2 Å². The third kappa shape index (κ3) is 2.30. The Morgan fingerprint density at radius 1 is 1.44 bits per heavy atom. The zero-order valence-corrected chi connectivity index (χ0v) is 9.78. The fraction of sp³-hybridized carbons (Fsp3) is 0.417. The van der Waals surface area contributed by atoms with Gasteiger partial charge >= 0.3 is 0 Å². The van der Waals surface area contributed by atoms with Crippen LogP contribution in [0.3, 0.4) is 0 Å². The molecule has 1 unspecified atom stereocenters. The summed E-state index contributed by atoms with van der Waals surface area (Å²) < 4.78 is 0. The quantitative estimate of drug-likeness (QED) is 0.645. The Balaban J connectivity index is 2.06. The standard InChI is InChI=1S/C12H15ClN2O/c13-6-9-5-12(16)15(7-9)8-10-3-1-2-4-11(10)14/h1-4,9H,5-8,14H2. The van der Waals surface area contributed by atoms with Gasteiger partial charge in [0.1, 0.15) is 0 Å². The SMILES string of the molecule is Nc1ccccc1CN1CC(CCl)CC1=O. The highest BCUT2D eigenvalue weighted by atomic mass is 35.5. The van der Waals surface area contributed by atoms with Crippen LogP contribution in [-0.4, -0.2) is 23.2 Å². The Bertz CT molecular complexity index is 394. The topological polar surface area (TPSA) is 46.3 Å². The minimum atomic E-state index is 0.175. The Hall–Kier alpha value is -1.22. The number of para-hydroxylation sites is 1. The number of benzene rings is 1. The minimum absolute atomic E-state index is 0.175. The molecule has 86 valence electrons. The summed E-state index contributed by atoms with van der Waals surface area (Å²) >= 11 is 5.77. The Morgan fingerprint density at radius 3 is 2.81 bits per heavy atom. The zero-order chi connectivity index (χ0) is 11.5. The highest BCUT2D eigenvalue weighted by Crippen LogP contribution is 2.22. The predicted molar refractivity (Wildman–Crippen MR) is 65.1 cm³/mol. The molecule has 4 heteroatoms. The number of alkyl halides is 1. The number of hydrogen-bond donors (Lipinski definition) is 1. The van der Waals surface area contributed by atoms with E-state index in [0.717, 1.165) is 17.8 Å². The van der Waals surface area contributed by atoms with E-state index < -0.39 is 0 Å². The van der Waals surface area contributed by atoms with Gasteiger partial charge in [0.2, 0.25) is 5.91 Å². The lowest BCUT2D eigenvalue weighted by molar-refractivity contribution is -0.128. The molecule has 2 rings (SSSR count). The van der Waals surface area contributed by atoms with Crippen LogP contribution >= 0.6 is 11.6 Å². The number of rotatable bonds is 3. The number of carbonyl (C=O) groups is 1. The molecule has 0 radical (unpaired) electrons. The molecule has 0 saturated carbocycles. The lowest BCUT2D eigenvalue weighted by Gasteiger charge is -2.17. The van der Waals surface area contributed by atoms with E-state index in [9.17, 15) is 4.79 Å². The number of nitrogens with zero attached hydrogens (tertiary/aromatic N) is 1. The molecule has 1 heterocycles. The maximum Gasteiger partial charge on any atom is 0.223 e. The number of nitrogen functional groups attached to an aromatic ring is 1. The van der Waals surface area contributed by atoms with Crippen LogP contribution in [0.25, 0.3) is 0 Å². The lowest BCUT2D eigenvalue weighted by Crippen LogP contribution is -2.25. The van der Waals surface area contributed by atoms with E-state index in [4.69, 9.17) is 17.3 Å². The fourth-order valence-corrected chi connectivity index (χ4v) is 2.20. The number of amides is 1. The first kappa shape index (κ1) is 11.3. The first-order valence-electron chi connectivity index (χ1n) is 5.38. The van der Waals surface area contributed by atoms with Gasteiger partial charge in [-0.1, -0.05) is 18.2 Å². The van der Waals surface area contributed by atoms with Gasteiger partial charge in [-0.25, -0.2) is 0 Å². The molecule has 2 N–H and O–H groups in total. The van der Waals surface area contributed by atoms with Crippen LogP contribution < -0.4 is 5.73 Å². The molecule has 1 aromatic carbocycles. The first-order chi connectivity index (χ1) is 7.70. The van der Waals surface area contributed by atoms with Crippen LogP contribution in [-0.2, 0) is 11.3 Å². The monoisotopic (exact) mass is 238 g/mol. The minimum Gasteiger partial charge on any atom is -0.398 e. The molecule has 3 nitrogen and oxygen atoms in total. The van der Waals surface area contributed by atoms with Crippen LogP contribution in [0.1, 0.15) is 12.0 Å². The van der Waals surface area contributed by atoms with E-state index in [2.05, 4.69) is 0 Å². The fourth-order valence-electron chi connectivity index (χ4n) is 1.99. The number of halogens is 1. The summed E-state index contributed by atoms with van der Waals surface area (Å²) in [6.45, 7) is 1.34. The lowest BCUT2D eigenvalue weighted by atomic mass is 10.1. The summed E-state index contributed by atoms with van der Waals surface area (Å²) in [6, 6.07) is 7.64. The van der Waals surface area contributed by atoms with Crippen LogP contribution in [0.4, 0.5) is 5.69 Å². The average Bonchev–Trinajstić information content (AvgIpc) is 2.63. The van der Waals surface area contributed by atoms with Crippen molar-refractivity contribution in [2.24, 2.45) is 5.92 Å². The van der Waals surface area contributed by atoms with Crippen LogP contribution in [0.2, 0.25) is 0 Å².